The summed E-state index contributed by atoms with van der Waals surface area (Å²) in [5, 5.41) is 0. The number of hydrogen-bond donors (Lipinski definition) is 0. The molecule has 0 amide bonds. The number of rotatable bonds is 5. The minimum Gasteiger partial charge on any atom is -0.251 e. The molecule has 0 saturated heterocycles. The van der Waals surface area contributed by atoms with Crippen LogP contribution in [0.25, 0.3) is 0 Å². The number of aryl methyl sites for hydroxylation is 1. The van der Waals surface area contributed by atoms with Gasteiger partial charge in [-0.3, -0.25) is 4.39 Å². The van der Waals surface area contributed by atoms with Crippen molar-refractivity contribution in [3.8, 4) is 0 Å². The number of hydrogen-bond acceptors (Lipinski definition) is 0. The van der Waals surface area contributed by atoms with Crippen LogP contribution in [0, 0.1) is 0 Å². The van der Waals surface area contributed by atoms with E-state index in [4.69, 9.17) is 0 Å². The van der Waals surface area contributed by atoms with E-state index in [1.165, 1.54) is 9.99 Å². The maximum Gasteiger partial charge on any atom is 0.311 e. The van der Waals surface area contributed by atoms with Gasteiger partial charge < -0.3 is 0 Å². The van der Waals surface area contributed by atoms with Crippen LogP contribution in [0.15, 0.2) is 24.3 Å². The zero-order valence-electron chi connectivity index (χ0n) is 10.8. The first-order valence-electron chi connectivity index (χ1n) is 6.21. The summed E-state index contributed by atoms with van der Waals surface area (Å²) in [6, 6.07) is 8.45. The van der Waals surface area contributed by atoms with Crippen molar-refractivity contribution >= 4 is 18.6 Å². The molecule has 0 bridgehead atoms. The van der Waals surface area contributed by atoms with Gasteiger partial charge in [-0.1, -0.05) is 67.1 Å². The van der Waals surface area contributed by atoms with Crippen molar-refractivity contribution in [1.29, 1.82) is 0 Å². The third-order valence-electron chi connectivity index (χ3n) is 3.21. The highest BCUT2D eigenvalue weighted by molar-refractivity contribution is 6.76. The van der Waals surface area contributed by atoms with Gasteiger partial charge in [0, 0.05) is 0 Å². The Kier molecular flexibility index (Phi) is 5.52. The summed E-state index contributed by atoms with van der Waals surface area (Å²) in [4.78, 5) is 0. The Hall–Kier alpha value is -0.318. The first-order chi connectivity index (χ1) is 7.57. The van der Waals surface area contributed by atoms with Crippen LogP contribution in [0.1, 0.15) is 33.3 Å². The van der Waals surface area contributed by atoms with Crippen LogP contribution in [0.3, 0.4) is 0 Å². The Morgan fingerprint density at radius 1 is 1.06 bits per heavy atom. The molecule has 2 heteroatoms. The summed E-state index contributed by atoms with van der Waals surface area (Å²) < 4.78 is 15.5. The Morgan fingerprint density at radius 3 is 2.12 bits per heavy atom. The molecule has 16 heavy (non-hydrogen) atoms. The molecule has 0 N–H and O–H groups in total. The lowest BCUT2D eigenvalue weighted by molar-refractivity contribution is 0.496. The lowest BCUT2D eigenvalue weighted by Gasteiger charge is -2.22. The molecule has 0 fully saturated rings. The molecule has 0 radical (unpaired) electrons. The van der Waals surface area contributed by atoms with Gasteiger partial charge in [0.25, 0.3) is 0 Å². The van der Waals surface area contributed by atoms with Crippen molar-refractivity contribution in [3.63, 3.8) is 0 Å². The zero-order valence-corrected chi connectivity index (χ0v) is 12.0. The van der Waals surface area contributed by atoms with E-state index < -0.39 is 14.1 Å². The van der Waals surface area contributed by atoms with E-state index in [9.17, 15) is 4.39 Å². The minimum atomic E-state index is -0.976. The third-order valence-corrected chi connectivity index (χ3v) is 7.37. The lowest BCUT2D eigenvalue weighted by atomic mass is 10.2. The summed E-state index contributed by atoms with van der Waals surface area (Å²) in [6.07, 6.45) is 0.582. The topological polar surface area (TPSA) is 0 Å². The van der Waals surface area contributed by atoms with E-state index in [1.54, 1.807) is 0 Å². The van der Waals surface area contributed by atoms with Gasteiger partial charge in [0.05, 0.1) is 6.67 Å². The van der Waals surface area contributed by atoms with Gasteiger partial charge in [0.2, 0.25) is 0 Å². The molecule has 0 unspecified atom stereocenters. The normalized spacial score (nSPS) is 11.2. The molecule has 0 spiro atoms. The Labute approximate surface area is 103 Å². The molecule has 0 aliphatic rings. The maximum absolute atomic E-state index is 12.5. The Morgan fingerprint density at radius 2 is 1.62 bits per heavy atom. The summed E-state index contributed by atoms with van der Waals surface area (Å²) >= 11 is -0.976. The standard InChI is InChI=1S/C8H8F.2C3H7.Al/c9-7-6-8-4-2-1-3-5-8;2*1-3-2;/h1-4H,6-7H2;2*3H,1-2H3;. The summed E-state index contributed by atoms with van der Waals surface area (Å²) in [5.74, 6) is 0. The van der Waals surface area contributed by atoms with Crippen molar-refractivity contribution in [3.05, 3.63) is 29.8 Å². The molecule has 0 nitrogen and oxygen atoms in total. The van der Waals surface area contributed by atoms with E-state index in [1.807, 2.05) is 6.07 Å². The van der Waals surface area contributed by atoms with Crippen LogP contribution < -0.4 is 4.43 Å². The van der Waals surface area contributed by atoms with E-state index in [-0.39, 0.29) is 6.67 Å². The molecule has 0 aliphatic heterocycles. The quantitative estimate of drug-likeness (QED) is 0.683. The van der Waals surface area contributed by atoms with Gasteiger partial charge in [-0.15, -0.1) is 4.43 Å². The zero-order chi connectivity index (χ0) is 12.1. The van der Waals surface area contributed by atoms with Crippen LogP contribution in [-0.4, -0.2) is 20.8 Å². The predicted octanol–water partition coefficient (Wildman–Crippen LogP) is 3.72. The van der Waals surface area contributed by atoms with E-state index in [2.05, 4.69) is 45.9 Å². The van der Waals surface area contributed by atoms with Crippen molar-refractivity contribution in [2.24, 2.45) is 0 Å². The van der Waals surface area contributed by atoms with Crippen LogP contribution >= 0.6 is 0 Å². The summed E-state index contributed by atoms with van der Waals surface area (Å²) in [5.41, 5.74) is 1.24. The molecule has 0 saturated carbocycles. The molecule has 0 aromatic heterocycles. The molecule has 1 aromatic carbocycles. The molecule has 1 rings (SSSR count). The molecular weight excluding hydrogens is 214 g/mol. The van der Waals surface area contributed by atoms with E-state index in [0.717, 1.165) is 9.56 Å². The molecule has 1 aromatic rings. The second-order valence-corrected chi connectivity index (χ2v) is 9.49. The Balaban J connectivity index is 3.07. The van der Waals surface area contributed by atoms with Crippen molar-refractivity contribution in [2.45, 2.75) is 43.7 Å². The van der Waals surface area contributed by atoms with Crippen molar-refractivity contribution in [2.75, 3.05) is 6.67 Å². The van der Waals surface area contributed by atoms with Gasteiger partial charge in [-0.25, -0.2) is 0 Å². The monoisotopic (exact) mass is 236 g/mol. The van der Waals surface area contributed by atoms with Crippen LogP contribution in [0.2, 0.25) is 9.56 Å². The van der Waals surface area contributed by atoms with Gasteiger partial charge in [-0.05, 0) is 6.42 Å². The smallest absolute Gasteiger partial charge is 0.251 e. The highest BCUT2D eigenvalue weighted by Crippen LogP contribution is 2.21. The fourth-order valence-electron chi connectivity index (χ4n) is 2.68. The van der Waals surface area contributed by atoms with Crippen LogP contribution in [-0.2, 0) is 6.42 Å². The van der Waals surface area contributed by atoms with Crippen LogP contribution in [0.4, 0.5) is 4.39 Å². The summed E-state index contributed by atoms with van der Waals surface area (Å²) in [7, 11) is 0. The van der Waals surface area contributed by atoms with Gasteiger partial charge in [0.1, 0.15) is 0 Å². The minimum absolute atomic E-state index is 0.242. The molecule has 0 heterocycles. The highest BCUT2D eigenvalue weighted by atomic mass is 27.2. The number of alkyl halides is 1. The fraction of sp³-hybridized carbons (Fsp3) is 0.571. The van der Waals surface area contributed by atoms with Gasteiger partial charge in [0.15, 0.2) is 0 Å². The first-order valence-corrected chi connectivity index (χ1v) is 8.12. The average molecular weight is 236 g/mol. The van der Waals surface area contributed by atoms with Gasteiger partial charge >= 0.3 is 14.1 Å². The molecule has 0 atom stereocenters. The number of benzene rings is 1. The van der Waals surface area contributed by atoms with Crippen LogP contribution in [0.5, 0.6) is 0 Å². The molecular formula is C14H22AlF. The second kappa shape index (κ2) is 6.43. The SMILES string of the molecule is C[CH](C)[Al]([c]1ccccc1CCF)[CH](C)C. The lowest BCUT2D eigenvalue weighted by Crippen LogP contribution is -2.38. The summed E-state index contributed by atoms with van der Waals surface area (Å²) in [6.45, 7) is 8.99. The second-order valence-electron chi connectivity index (χ2n) is 5.15. The average Bonchev–Trinajstić information content (AvgIpc) is 2.20. The molecule has 88 valence electrons. The van der Waals surface area contributed by atoms with Crippen molar-refractivity contribution in [1.82, 2.24) is 0 Å². The first kappa shape index (κ1) is 13.7. The largest absolute Gasteiger partial charge is 0.311 e. The third kappa shape index (κ3) is 3.34. The number of halogens is 1. The van der Waals surface area contributed by atoms with E-state index >= 15 is 0 Å². The van der Waals surface area contributed by atoms with Gasteiger partial charge in [-0.2, -0.15) is 0 Å². The molecule has 0 aliphatic carbocycles. The predicted molar refractivity (Wildman–Crippen MR) is 71.7 cm³/mol. The van der Waals surface area contributed by atoms with Crippen molar-refractivity contribution < 1.29 is 4.39 Å². The fourth-order valence-corrected chi connectivity index (χ4v) is 6.66. The maximum atomic E-state index is 12.5. The van der Waals surface area contributed by atoms with E-state index in [0.29, 0.717) is 6.42 Å². The highest BCUT2D eigenvalue weighted by Gasteiger charge is 2.28. The Bertz CT molecular complexity index is 312.